The number of hydrogen-bond donors (Lipinski definition) is 1. The van der Waals surface area contributed by atoms with E-state index in [2.05, 4.69) is 5.16 Å². The van der Waals surface area contributed by atoms with Crippen molar-refractivity contribution in [3.05, 3.63) is 35.4 Å². The summed E-state index contributed by atoms with van der Waals surface area (Å²) in [6.07, 6.45) is 1.95. The molecule has 0 fully saturated rings. The van der Waals surface area contributed by atoms with Gasteiger partial charge in [-0.3, -0.25) is 0 Å². The van der Waals surface area contributed by atoms with Crippen molar-refractivity contribution in [1.82, 2.24) is 0 Å². The maximum Gasteiger partial charge on any atom is 0.118 e. The molecule has 0 atom stereocenters. The average molecular weight is 205 g/mol. The van der Waals surface area contributed by atoms with E-state index in [1.54, 1.807) is 14.0 Å². The Morgan fingerprint density at radius 1 is 1.27 bits per heavy atom. The van der Waals surface area contributed by atoms with Crippen LogP contribution in [0, 0.1) is 0 Å². The molecule has 0 saturated heterocycles. The predicted molar refractivity (Wildman–Crippen MR) is 61.5 cm³/mol. The Bertz CT molecular complexity index is 377. The number of hydrogen-bond acceptors (Lipinski definition) is 3. The fourth-order valence-corrected chi connectivity index (χ4v) is 1.13. The van der Waals surface area contributed by atoms with Crippen LogP contribution in [0.1, 0.15) is 19.4 Å². The van der Waals surface area contributed by atoms with Gasteiger partial charge in [0.15, 0.2) is 0 Å². The SMILES string of the molecule is COc1ccc(C=C(C)C(C)=NO)cc1. The Balaban J connectivity index is 2.89. The molecule has 0 aliphatic carbocycles. The summed E-state index contributed by atoms with van der Waals surface area (Å²) in [6.45, 7) is 3.66. The molecule has 15 heavy (non-hydrogen) atoms. The number of rotatable bonds is 3. The minimum atomic E-state index is 0.616. The van der Waals surface area contributed by atoms with E-state index in [4.69, 9.17) is 9.94 Å². The summed E-state index contributed by atoms with van der Waals surface area (Å²) in [7, 11) is 1.64. The first kappa shape index (κ1) is 11.3. The molecule has 0 aliphatic rings. The highest BCUT2D eigenvalue weighted by atomic mass is 16.5. The zero-order valence-corrected chi connectivity index (χ0v) is 9.19. The summed E-state index contributed by atoms with van der Waals surface area (Å²) in [5, 5.41) is 11.7. The lowest BCUT2D eigenvalue weighted by Crippen LogP contribution is -1.92. The summed E-state index contributed by atoms with van der Waals surface area (Å²) < 4.78 is 5.06. The van der Waals surface area contributed by atoms with Gasteiger partial charge in [0, 0.05) is 0 Å². The highest BCUT2D eigenvalue weighted by Crippen LogP contribution is 2.14. The second-order valence-electron chi connectivity index (χ2n) is 3.29. The molecule has 0 unspecified atom stereocenters. The van der Waals surface area contributed by atoms with Crippen LogP contribution < -0.4 is 4.74 Å². The van der Waals surface area contributed by atoms with E-state index in [1.165, 1.54) is 0 Å². The summed E-state index contributed by atoms with van der Waals surface area (Å²) in [4.78, 5) is 0. The average Bonchev–Trinajstić information content (AvgIpc) is 2.29. The molecular formula is C12H15NO2. The Kier molecular flexibility index (Phi) is 3.92. The van der Waals surface area contributed by atoms with E-state index in [9.17, 15) is 0 Å². The minimum absolute atomic E-state index is 0.616. The fraction of sp³-hybridized carbons (Fsp3) is 0.250. The summed E-state index contributed by atoms with van der Waals surface area (Å²) in [6, 6.07) is 7.69. The van der Waals surface area contributed by atoms with Gasteiger partial charge < -0.3 is 9.94 Å². The molecule has 0 bridgehead atoms. The van der Waals surface area contributed by atoms with E-state index in [0.29, 0.717) is 5.71 Å². The molecule has 1 aromatic rings. The predicted octanol–water partition coefficient (Wildman–Crippen LogP) is 2.95. The summed E-state index contributed by atoms with van der Waals surface area (Å²) in [5.74, 6) is 0.831. The molecule has 0 radical (unpaired) electrons. The second-order valence-corrected chi connectivity index (χ2v) is 3.29. The number of methoxy groups -OCH3 is 1. The van der Waals surface area contributed by atoms with Gasteiger partial charge in [-0.2, -0.15) is 0 Å². The lowest BCUT2D eigenvalue weighted by molar-refractivity contribution is 0.319. The normalized spacial score (nSPS) is 12.7. The molecule has 0 aromatic heterocycles. The highest BCUT2D eigenvalue weighted by molar-refractivity contribution is 6.01. The van der Waals surface area contributed by atoms with E-state index >= 15 is 0 Å². The zero-order valence-electron chi connectivity index (χ0n) is 9.19. The highest BCUT2D eigenvalue weighted by Gasteiger charge is 1.96. The van der Waals surface area contributed by atoms with Crippen LogP contribution in [0.25, 0.3) is 6.08 Å². The Morgan fingerprint density at radius 2 is 1.87 bits per heavy atom. The first-order chi connectivity index (χ1) is 7.17. The molecule has 0 spiro atoms. The Labute approximate surface area is 89.7 Å². The van der Waals surface area contributed by atoms with Gasteiger partial charge in [-0.15, -0.1) is 0 Å². The molecule has 0 heterocycles. The molecule has 1 rings (SSSR count). The van der Waals surface area contributed by atoms with E-state index in [-0.39, 0.29) is 0 Å². The van der Waals surface area contributed by atoms with Crippen LogP contribution >= 0.6 is 0 Å². The Morgan fingerprint density at radius 3 is 2.33 bits per heavy atom. The van der Waals surface area contributed by atoms with Crippen LogP contribution in [0.15, 0.2) is 35.0 Å². The van der Waals surface area contributed by atoms with Crippen LogP contribution in [-0.4, -0.2) is 18.0 Å². The van der Waals surface area contributed by atoms with Gasteiger partial charge in [-0.1, -0.05) is 23.4 Å². The number of benzene rings is 1. The molecule has 0 aliphatic heterocycles. The van der Waals surface area contributed by atoms with E-state index in [1.807, 2.05) is 37.3 Å². The largest absolute Gasteiger partial charge is 0.497 e. The standard InChI is InChI=1S/C12H15NO2/c1-9(10(2)13-14)8-11-4-6-12(15-3)7-5-11/h4-8,14H,1-3H3. The quantitative estimate of drug-likeness (QED) is 0.468. The first-order valence-corrected chi connectivity index (χ1v) is 4.68. The molecule has 3 heteroatoms. The van der Waals surface area contributed by atoms with Gasteiger partial charge in [-0.05, 0) is 37.1 Å². The number of ether oxygens (including phenoxy) is 1. The molecule has 3 nitrogen and oxygen atoms in total. The molecule has 80 valence electrons. The van der Waals surface area contributed by atoms with Crippen LogP contribution in [0.3, 0.4) is 0 Å². The molecule has 1 N–H and O–H groups in total. The van der Waals surface area contributed by atoms with Gasteiger partial charge in [0.25, 0.3) is 0 Å². The molecular weight excluding hydrogens is 190 g/mol. The smallest absolute Gasteiger partial charge is 0.118 e. The van der Waals surface area contributed by atoms with Gasteiger partial charge in [0.05, 0.1) is 12.8 Å². The van der Waals surface area contributed by atoms with Crippen LogP contribution in [-0.2, 0) is 0 Å². The van der Waals surface area contributed by atoms with Crippen molar-refractivity contribution in [2.45, 2.75) is 13.8 Å². The monoisotopic (exact) mass is 205 g/mol. The van der Waals surface area contributed by atoms with Crippen molar-refractivity contribution in [1.29, 1.82) is 0 Å². The summed E-state index contributed by atoms with van der Waals surface area (Å²) >= 11 is 0. The maximum absolute atomic E-state index is 8.59. The molecule has 0 saturated carbocycles. The van der Waals surface area contributed by atoms with Crippen molar-refractivity contribution in [2.24, 2.45) is 5.16 Å². The second kappa shape index (κ2) is 5.20. The first-order valence-electron chi connectivity index (χ1n) is 4.68. The van der Waals surface area contributed by atoms with E-state index in [0.717, 1.165) is 16.9 Å². The third-order valence-electron chi connectivity index (χ3n) is 2.22. The van der Waals surface area contributed by atoms with Gasteiger partial charge >= 0.3 is 0 Å². The zero-order chi connectivity index (χ0) is 11.3. The van der Waals surface area contributed by atoms with Crippen LogP contribution in [0.4, 0.5) is 0 Å². The van der Waals surface area contributed by atoms with E-state index < -0.39 is 0 Å². The van der Waals surface area contributed by atoms with Gasteiger partial charge in [-0.25, -0.2) is 0 Å². The number of allylic oxidation sites excluding steroid dienone is 1. The van der Waals surface area contributed by atoms with Gasteiger partial charge in [0.1, 0.15) is 5.75 Å². The van der Waals surface area contributed by atoms with Crippen molar-refractivity contribution in [3.63, 3.8) is 0 Å². The number of nitrogens with zero attached hydrogens (tertiary/aromatic N) is 1. The minimum Gasteiger partial charge on any atom is -0.497 e. The number of oxime groups is 1. The molecule has 0 amide bonds. The van der Waals surface area contributed by atoms with Crippen LogP contribution in [0.2, 0.25) is 0 Å². The van der Waals surface area contributed by atoms with Crippen molar-refractivity contribution in [3.8, 4) is 5.75 Å². The topological polar surface area (TPSA) is 41.8 Å². The third kappa shape index (κ3) is 3.13. The Hall–Kier alpha value is -1.77. The van der Waals surface area contributed by atoms with Crippen LogP contribution in [0.5, 0.6) is 5.75 Å². The van der Waals surface area contributed by atoms with Crippen molar-refractivity contribution >= 4 is 11.8 Å². The lowest BCUT2D eigenvalue weighted by atomic mass is 10.1. The summed E-state index contributed by atoms with van der Waals surface area (Å²) in [5.41, 5.74) is 2.60. The van der Waals surface area contributed by atoms with Crippen molar-refractivity contribution < 1.29 is 9.94 Å². The lowest BCUT2D eigenvalue weighted by Gasteiger charge is -2.01. The third-order valence-corrected chi connectivity index (χ3v) is 2.22. The van der Waals surface area contributed by atoms with Crippen molar-refractivity contribution in [2.75, 3.05) is 7.11 Å². The van der Waals surface area contributed by atoms with Gasteiger partial charge in [0.2, 0.25) is 0 Å². The fourth-order valence-electron chi connectivity index (χ4n) is 1.13. The maximum atomic E-state index is 8.59. The molecule has 1 aromatic carbocycles.